The second kappa shape index (κ2) is 9.91. The van der Waals surface area contributed by atoms with Crippen LogP contribution in [-0.2, 0) is 29.0 Å². The molecule has 8 nitrogen and oxygen atoms in total. The SMILES string of the molecule is CCCc1nnc(NC(=O)CC/C(C)=C/Cc2c(O)c3c(c(C)c2OC)COC3=O)s1. The highest BCUT2D eigenvalue weighted by molar-refractivity contribution is 7.15. The fourth-order valence-corrected chi connectivity index (χ4v) is 4.38. The van der Waals surface area contributed by atoms with E-state index in [1.165, 1.54) is 18.4 Å². The maximum absolute atomic E-state index is 12.2. The van der Waals surface area contributed by atoms with Crippen molar-refractivity contribution in [2.24, 2.45) is 0 Å². The molecule has 2 aromatic rings. The average molecular weight is 446 g/mol. The number of benzene rings is 1. The van der Waals surface area contributed by atoms with Crippen LogP contribution in [0, 0.1) is 6.92 Å². The number of aromatic nitrogens is 2. The standard InChI is InChI=1S/C22H27N3O5S/c1-5-6-17-24-25-22(31-17)23-16(26)10-8-12(2)7-9-14-19(27)18-15(11-30-21(18)28)13(3)20(14)29-4/h7,27H,5-6,8-11H2,1-4H3,(H,23,25,26)/b12-7+. The number of carbonyl (C=O) groups is 2. The fourth-order valence-electron chi connectivity index (χ4n) is 3.52. The van der Waals surface area contributed by atoms with E-state index in [1.54, 1.807) is 0 Å². The van der Waals surface area contributed by atoms with Gasteiger partial charge in [-0.05, 0) is 38.7 Å². The third-order valence-corrected chi connectivity index (χ3v) is 6.12. The minimum atomic E-state index is -0.518. The van der Waals surface area contributed by atoms with Crippen LogP contribution in [0.5, 0.6) is 11.5 Å². The van der Waals surface area contributed by atoms with E-state index in [0.717, 1.165) is 29.0 Å². The summed E-state index contributed by atoms with van der Waals surface area (Å²) < 4.78 is 10.6. The first-order valence-corrected chi connectivity index (χ1v) is 11.0. The van der Waals surface area contributed by atoms with Crippen molar-refractivity contribution in [2.45, 2.75) is 59.5 Å². The Morgan fingerprint density at radius 1 is 1.35 bits per heavy atom. The van der Waals surface area contributed by atoms with Crippen LogP contribution in [-0.4, -0.2) is 34.3 Å². The summed E-state index contributed by atoms with van der Waals surface area (Å²) in [5.41, 5.74) is 3.21. The summed E-state index contributed by atoms with van der Waals surface area (Å²) >= 11 is 1.40. The molecule has 3 rings (SSSR count). The molecule has 0 bridgehead atoms. The minimum Gasteiger partial charge on any atom is -0.507 e. The molecule has 0 saturated heterocycles. The maximum atomic E-state index is 12.2. The van der Waals surface area contributed by atoms with Gasteiger partial charge in [0.1, 0.15) is 28.7 Å². The second-order valence-electron chi connectivity index (χ2n) is 7.47. The Balaban J connectivity index is 1.64. The monoisotopic (exact) mass is 445 g/mol. The van der Waals surface area contributed by atoms with Crippen molar-refractivity contribution in [2.75, 3.05) is 12.4 Å². The van der Waals surface area contributed by atoms with E-state index in [1.807, 2.05) is 19.9 Å². The molecular weight excluding hydrogens is 418 g/mol. The highest BCUT2D eigenvalue weighted by atomic mass is 32.1. The van der Waals surface area contributed by atoms with Crippen LogP contribution in [0.1, 0.15) is 65.2 Å². The molecule has 31 heavy (non-hydrogen) atoms. The quantitative estimate of drug-likeness (QED) is 0.442. The average Bonchev–Trinajstić information content (AvgIpc) is 3.34. The number of nitrogens with one attached hydrogen (secondary N) is 1. The number of fused-ring (bicyclic) bond motifs is 1. The Hall–Kier alpha value is -2.94. The lowest BCUT2D eigenvalue weighted by Gasteiger charge is -2.15. The van der Waals surface area contributed by atoms with Crippen LogP contribution in [0.2, 0.25) is 0 Å². The number of aromatic hydroxyl groups is 1. The molecule has 166 valence electrons. The number of phenols is 1. The number of hydrogen-bond donors (Lipinski definition) is 2. The number of carbonyl (C=O) groups excluding carboxylic acids is 2. The fraction of sp³-hybridized carbons (Fsp3) is 0.455. The van der Waals surface area contributed by atoms with Crippen LogP contribution in [0.4, 0.5) is 5.13 Å². The largest absolute Gasteiger partial charge is 0.507 e. The zero-order valence-electron chi connectivity index (χ0n) is 18.2. The summed E-state index contributed by atoms with van der Waals surface area (Å²) in [5, 5.41) is 22.9. The summed E-state index contributed by atoms with van der Waals surface area (Å²) in [6.45, 7) is 5.99. The number of nitrogens with zero attached hydrogens (tertiary/aromatic N) is 2. The summed E-state index contributed by atoms with van der Waals surface area (Å²) in [5.74, 6) is -0.185. The van der Waals surface area contributed by atoms with Crippen molar-refractivity contribution < 1.29 is 24.2 Å². The maximum Gasteiger partial charge on any atom is 0.342 e. The van der Waals surface area contributed by atoms with E-state index >= 15 is 0 Å². The van der Waals surface area contributed by atoms with Crippen molar-refractivity contribution in [3.63, 3.8) is 0 Å². The Morgan fingerprint density at radius 2 is 2.13 bits per heavy atom. The molecule has 1 aromatic heterocycles. The van der Waals surface area contributed by atoms with Gasteiger partial charge < -0.3 is 19.9 Å². The molecule has 2 N–H and O–H groups in total. The molecular formula is C22H27N3O5S. The second-order valence-corrected chi connectivity index (χ2v) is 8.53. The van der Waals surface area contributed by atoms with Crippen molar-refractivity contribution in [1.29, 1.82) is 0 Å². The lowest BCUT2D eigenvalue weighted by Crippen LogP contribution is -2.11. The molecule has 0 radical (unpaired) electrons. The molecule has 9 heteroatoms. The summed E-state index contributed by atoms with van der Waals surface area (Å²) in [6, 6.07) is 0. The normalized spacial score (nSPS) is 13.2. The van der Waals surface area contributed by atoms with Gasteiger partial charge in [0.15, 0.2) is 0 Å². The molecule has 1 aliphatic heterocycles. The van der Waals surface area contributed by atoms with Crippen molar-refractivity contribution in [1.82, 2.24) is 10.2 Å². The minimum absolute atomic E-state index is 0.0964. The molecule has 0 spiro atoms. The highest BCUT2D eigenvalue weighted by Crippen LogP contribution is 2.42. The zero-order chi connectivity index (χ0) is 22.5. The van der Waals surface area contributed by atoms with E-state index in [-0.39, 0.29) is 23.8 Å². The predicted molar refractivity (Wildman–Crippen MR) is 118 cm³/mol. The molecule has 2 heterocycles. The number of hydrogen-bond acceptors (Lipinski definition) is 8. The number of rotatable bonds is 9. The van der Waals surface area contributed by atoms with Gasteiger partial charge in [0, 0.05) is 24.0 Å². The molecule has 0 fully saturated rings. The van der Waals surface area contributed by atoms with Gasteiger partial charge >= 0.3 is 5.97 Å². The van der Waals surface area contributed by atoms with Gasteiger partial charge in [0.25, 0.3) is 0 Å². The van der Waals surface area contributed by atoms with Crippen LogP contribution in [0.15, 0.2) is 11.6 Å². The molecule has 1 aliphatic rings. The van der Waals surface area contributed by atoms with Gasteiger partial charge in [0.2, 0.25) is 11.0 Å². The van der Waals surface area contributed by atoms with E-state index in [0.29, 0.717) is 41.3 Å². The van der Waals surface area contributed by atoms with Gasteiger partial charge in [-0.3, -0.25) is 4.79 Å². The van der Waals surface area contributed by atoms with E-state index in [9.17, 15) is 14.7 Å². The van der Waals surface area contributed by atoms with E-state index in [4.69, 9.17) is 9.47 Å². The number of ether oxygens (including phenoxy) is 2. The number of cyclic esters (lactones) is 1. The molecule has 0 saturated carbocycles. The summed E-state index contributed by atoms with van der Waals surface area (Å²) in [6.07, 6.45) is 5.01. The number of aryl methyl sites for hydroxylation is 1. The third kappa shape index (κ3) is 5.04. The van der Waals surface area contributed by atoms with Crippen LogP contribution in [0.3, 0.4) is 0 Å². The van der Waals surface area contributed by atoms with Crippen LogP contribution in [0.25, 0.3) is 0 Å². The first-order chi connectivity index (χ1) is 14.8. The Bertz CT molecular complexity index is 1030. The summed E-state index contributed by atoms with van der Waals surface area (Å²) in [7, 11) is 1.54. The Morgan fingerprint density at radius 3 is 2.84 bits per heavy atom. The Kier molecular flexibility index (Phi) is 7.27. The molecule has 0 unspecified atom stereocenters. The van der Waals surface area contributed by atoms with E-state index < -0.39 is 5.97 Å². The highest BCUT2D eigenvalue weighted by Gasteiger charge is 2.31. The first kappa shape index (κ1) is 22.7. The van der Waals surface area contributed by atoms with E-state index in [2.05, 4.69) is 22.4 Å². The number of phenolic OH excluding ortho intramolecular Hbond substituents is 1. The summed E-state index contributed by atoms with van der Waals surface area (Å²) in [4.78, 5) is 24.2. The molecule has 0 aliphatic carbocycles. The number of amides is 1. The predicted octanol–water partition coefficient (Wildman–Crippen LogP) is 4.09. The van der Waals surface area contributed by atoms with Crippen molar-refractivity contribution in [3.8, 4) is 11.5 Å². The lowest BCUT2D eigenvalue weighted by molar-refractivity contribution is -0.116. The van der Waals surface area contributed by atoms with Gasteiger partial charge in [-0.15, -0.1) is 10.2 Å². The van der Waals surface area contributed by atoms with Crippen molar-refractivity contribution in [3.05, 3.63) is 38.9 Å². The van der Waals surface area contributed by atoms with Crippen LogP contribution >= 0.6 is 11.3 Å². The number of methoxy groups -OCH3 is 1. The molecule has 1 aromatic carbocycles. The molecule has 0 atom stereocenters. The van der Waals surface area contributed by atoms with Gasteiger partial charge in [-0.25, -0.2) is 4.79 Å². The third-order valence-electron chi connectivity index (χ3n) is 5.23. The zero-order valence-corrected chi connectivity index (χ0v) is 19.0. The first-order valence-electron chi connectivity index (χ1n) is 10.2. The van der Waals surface area contributed by atoms with Crippen LogP contribution < -0.4 is 10.1 Å². The smallest absolute Gasteiger partial charge is 0.342 e. The van der Waals surface area contributed by atoms with Crippen molar-refractivity contribution >= 4 is 28.3 Å². The Labute approximate surface area is 185 Å². The molecule has 1 amide bonds. The van der Waals surface area contributed by atoms with Gasteiger partial charge in [0.05, 0.1) is 7.11 Å². The topological polar surface area (TPSA) is 111 Å². The van der Waals surface area contributed by atoms with Gasteiger partial charge in [-0.1, -0.05) is 29.9 Å². The van der Waals surface area contributed by atoms with Gasteiger partial charge in [-0.2, -0.15) is 0 Å². The number of allylic oxidation sites excluding steroid dienone is 2. The number of esters is 1. The lowest BCUT2D eigenvalue weighted by atomic mass is 9.94. The number of anilines is 1.